The highest BCUT2D eigenvalue weighted by atomic mass is 35.5. The standard InChI is InChI=1S/C12H14ClN3O2S/c1-8-6-9(7-8)15-19(17,18)12-11(13)14-10-4-2-3-5-16(10)12/h2-5,8-9,15H,6-7H2,1H3. The van der Waals surface area contributed by atoms with E-state index >= 15 is 0 Å². The maximum atomic E-state index is 12.4. The second-order valence-electron chi connectivity index (χ2n) is 5.03. The van der Waals surface area contributed by atoms with Crippen LogP contribution < -0.4 is 4.72 Å². The first-order valence-corrected chi connectivity index (χ1v) is 7.98. The summed E-state index contributed by atoms with van der Waals surface area (Å²) in [6.07, 6.45) is 3.38. The molecule has 0 atom stereocenters. The van der Waals surface area contributed by atoms with Crippen molar-refractivity contribution in [3.8, 4) is 0 Å². The number of sulfonamides is 1. The molecule has 0 amide bonds. The largest absolute Gasteiger partial charge is 0.288 e. The van der Waals surface area contributed by atoms with Crippen LogP contribution in [0.4, 0.5) is 0 Å². The molecule has 2 aromatic rings. The Bertz CT molecular complexity index is 720. The molecule has 2 heterocycles. The first-order valence-electron chi connectivity index (χ1n) is 6.12. The summed E-state index contributed by atoms with van der Waals surface area (Å²) in [4.78, 5) is 4.05. The molecule has 1 aliphatic carbocycles. The van der Waals surface area contributed by atoms with E-state index in [1.54, 1.807) is 24.4 Å². The molecular weight excluding hydrogens is 286 g/mol. The molecule has 0 spiro atoms. The summed E-state index contributed by atoms with van der Waals surface area (Å²) >= 11 is 5.97. The second kappa shape index (κ2) is 4.47. The Hall–Kier alpha value is -1.11. The zero-order chi connectivity index (χ0) is 13.6. The van der Waals surface area contributed by atoms with E-state index < -0.39 is 10.0 Å². The van der Waals surface area contributed by atoms with E-state index in [1.807, 2.05) is 0 Å². The van der Waals surface area contributed by atoms with Gasteiger partial charge in [-0.2, -0.15) is 0 Å². The van der Waals surface area contributed by atoms with Crippen molar-refractivity contribution in [2.45, 2.75) is 30.8 Å². The van der Waals surface area contributed by atoms with Crippen LogP contribution >= 0.6 is 11.6 Å². The van der Waals surface area contributed by atoms with Crippen molar-refractivity contribution in [2.24, 2.45) is 5.92 Å². The summed E-state index contributed by atoms with van der Waals surface area (Å²) in [7, 11) is -3.64. The minimum atomic E-state index is -3.64. The van der Waals surface area contributed by atoms with Crippen LogP contribution in [0.1, 0.15) is 19.8 Å². The van der Waals surface area contributed by atoms with Gasteiger partial charge >= 0.3 is 0 Å². The Labute approximate surface area is 116 Å². The molecule has 0 unspecified atom stereocenters. The molecule has 0 radical (unpaired) electrons. The fraction of sp³-hybridized carbons (Fsp3) is 0.417. The molecule has 0 saturated heterocycles. The van der Waals surface area contributed by atoms with E-state index in [-0.39, 0.29) is 16.2 Å². The van der Waals surface area contributed by atoms with Gasteiger partial charge in [-0.05, 0) is 30.9 Å². The molecule has 1 aliphatic rings. The van der Waals surface area contributed by atoms with Crippen molar-refractivity contribution in [1.82, 2.24) is 14.1 Å². The molecular formula is C12H14ClN3O2S. The summed E-state index contributed by atoms with van der Waals surface area (Å²) in [6.45, 7) is 2.10. The molecule has 19 heavy (non-hydrogen) atoms. The Morgan fingerprint density at radius 1 is 1.42 bits per heavy atom. The van der Waals surface area contributed by atoms with Crippen LogP contribution in [0.5, 0.6) is 0 Å². The number of nitrogens with one attached hydrogen (secondary N) is 1. The molecule has 1 saturated carbocycles. The third-order valence-electron chi connectivity index (χ3n) is 3.40. The average molecular weight is 300 g/mol. The highest BCUT2D eigenvalue weighted by molar-refractivity contribution is 7.89. The van der Waals surface area contributed by atoms with E-state index in [2.05, 4.69) is 16.6 Å². The number of nitrogens with zero attached hydrogens (tertiary/aromatic N) is 2. The van der Waals surface area contributed by atoms with E-state index in [4.69, 9.17) is 11.6 Å². The van der Waals surface area contributed by atoms with E-state index in [9.17, 15) is 8.42 Å². The fourth-order valence-corrected chi connectivity index (χ4v) is 4.36. The highest BCUT2D eigenvalue weighted by Gasteiger charge is 2.32. The molecule has 7 heteroatoms. The lowest BCUT2D eigenvalue weighted by molar-refractivity contribution is 0.270. The predicted octanol–water partition coefficient (Wildman–Crippen LogP) is 2.06. The Morgan fingerprint density at radius 3 is 2.84 bits per heavy atom. The maximum Gasteiger partial charge on any atom is 0.260 e. The first kappa shape index (κ1) is 12.9. The average Bonchev–Trinajstić information content (AvgIpc) is 2.63. The van der Waals surface area contributed by atoms with Gasteiger partial charge in [0, 0.05) is 12.2 Å². The van der Waals surface area contributed by atoms with Crippen LogP contribution in [0.3, 0.4) is 0 Å². The lowest BCUT2D eigenvalue weighted by atomic mass is 9.83. The Balaban J connectivity index is 2.01. The number of pyridine rings is 1. The number of hydrogen-bond donors (Lipinski definition) is 1. The maximum absolute atomic E-state index is 12.4. The summed E-state index contributed by atoms with van der Waals surface area (Å²) in [5.41, 5.74) is 0.523. The summed E-state index contributed by atoms with van der Waals surface area (Å²) in [5, 5.41) is 0.0235. The summed E-state index contributed by atoms with van der Waals surface area (Å²) in [6, 6.07) is 5.26. The van der Waals surface area contributed by atoms with Gasteiger partial charge in [-0.1, -0.05) is 24.6 Å². The van der Waals surface area contributed by atoms with E-state index in [1.165, 1.54) is 4.40 Å². The lowest BCUT2D eigenvalue weighted by Crippen LogP contribution is -2.43. The molecule has 3 rings (SSSR count). The van der Waals surface area contributed by atoms with Gasteiger partial charge in [0.05, 0.1) is 0 Å². The number of halogens is 1. The molecule has 1 fully saturated rings. The van der Waals surface area contributed by atoms with Crippen LogP contribution in [0.25, 0.3) is 5.65 Å². The zero-order valence-electron chi connectivity index (χ0n) is 10.4. The molecule has 102 valence electrons. The van der Waals surface area contributed by atoms with Gasteiger partial charge in [0.15, 0.2) is 10.2 Å². The van der Waals surface area contributed by atoms with Crippen LogP contribution in [-0.2, 0) is 10.0 Å². The number of imidazole rings is 1. The van der Waals surface area contributed by atoms with Crippen molar-refractivity contribution in [1.29, 1.82) is 0 Å². The highest BCUT2D eigenvalue weighted by Crippen LogP contribution is 2.29. The fourth-order valence-electron chi connectivity index (χ4n) is 2.46. The van der Waals surface area contributed by atoms with Gasteiger partial charge in [-0.15, -0.1) is 0 Å². The third-order valence-corrected chi connectivity index (χ3v) is 5.31. The summed E-state index contributed by atoms with van der Waals surface area (Å²) < 4.78 is 28.9. The number of fused-ring (bicyclic) bond motifs is 1. The number of aromatic nitrogens is 2. The molecule has 0 aromatic carbocycles. The van der Waals surface area contributed by atoms with Crippen LogP contribution in [-0.4, -0.2) is 23.8 Å². The molecule has 2 aromatic heterocycles. The Kier molecular flexibility index (Phi) is 3.03. The van der Waals surface area contributed by atoms with Gasteiger partial charge in [0.25, 0.3) is 10.0 Å². The minimum Gasteiger partial charge on any atom is -0.288 e. The predicted molar refractivity (Wildman–Crippen MR) is 72.7 cm³/mol. The quantitative estimate of drug-likeness (QED) is 0.943. The number of rotatable bonds is 3. The van der Waals surface area contributed by atoms with Crippen molar-refractivity contribution in [2.75, 3.05) is 0 Å². The van der Waals surface area contributed by atoms with Crippen molar-refractivity contribution in [3.63, 3.8) is 0 Å². The Morgan fingerprint density at radius 2 is 2.16 bits per heavy atom. The van der Waals surface area contributed by atoms with Crippen LogP contribution in [0.2, 0.25) is 5.15 Å². The number of hydrogen-bond acceptors (Lipinski definition) is 3. The third kappa shape index (κ3) is 2.24. The molecule has 0 bridgehead atoms. The van der Waals surface area contributed by atoms with Crippen LogP contribution in [0, 0.1) is 5.92 Å². The smallest absolute Gasteiger partial charge is 0.260 e. The normalized spacial score (nSPS) is 23.5. The van der Waals surface area contributed by atoms with Gasteiger partial charge < -0.3 is 0 Å². The first-order chi connectivity index (χ1) is 8.97. The topological polar surface area (TPSA) is 63.5 Å². The van der Waals surface area contributed by atoms with Crippen molar-refractivity contribution >= 4 is 27.3 Å². The van der Waals surface area contributed by atoms with E-state index in [0.717, 1.165) is 12.8 Å². The minimum absolute atomic E-state index is 0.00493. The van der Waals surface area contributed by atoms with Crippen molar-refractivity contribution in [3.05, 3.63) is 29.5 Å². The van der Waals surface area contributed by atoms with Gasteiger partial charge in [0.2, 0.25) is 0 Å². The SMILES string of the molecule is CC1CC(NS(=O)(=O)c2c(Cl)nc3ccccn23)C1. The lowest BCUT2D eigenvalue weighted by Gasteiger charge is -2.32. The van der Waals surface area contributed by atoms with Crippen LogP contribution in [0.15, 0.2) is 29.4 Å². The van der Waals surface area contributed by atoms with Gasteiger partial charge in [-0.25, -0.2) is 18.1 Å². The molecule has 5 nitrogen and oxygen atoms in total. The monoisotopic (exact) mass is 299 g/mol. The van der Waals surface area contributed by atoms with Gasteiger partial charge in [0.1, 0.15) is 5.65 Å². The van der Waals surface area contributed by atoms with Gasteiger partial charge in [-0.3, -0.25) is 4.40 Å². The molecule has 0 aliphatic heterocycles. The summed E-state index contributed by atoms with van der Waals surface area (Å²) in [5.74, 6) is 0.574. The van der Waals surface area contributed by atoms with Crippen molar-refractivity contribution < 1.29 is 8.42 Å². The zero-order valence-corrected chi connectivity index (χ0v) is 11.9. The molecule has 1 N–H and O–H groups in total. The van der Waals surface area contributed by atoms with E-state index in [0.29, 0.717) is 11.6 Å². The second-order valence-corrected chi connectivity index (χ2v) is 7.02.